The van der Waals surface area contributed by atoms with Gasteiger partial charge in [-0.15, -0.1) is 0 Å². The summed E-state index contributed by atoms with van der Waals surface area (Å²) in [5, 5.41) is 25.7. The highest BCUT2D eigenvalue weighted by Crippen LogP contribution is 2.42. The standard InChI is InChI=1S/C50H42Cl2N4O9S/c1-29-19-39(54-30(2)57)14-18-48(29)66(61,62)56-26-38-24-46-45(64-28-47(65-46)36-12-15-40(16-13-36)63-27-33-7-17-41(51)42(52)20-33)23-37(38)22-44(56)49(58)55-43(50(59)60)21-31-3-8-34(9-4-31)35-10-5-32(25-53)6-11-35/h3-20,23-24,43-44,47H,21-22,26-28H2,1-2H3,(H,54,57)(H,55,58)(H,59,60)/t43-,44-,47?/m0/s1. The lowest BCUT2D eigenvalue weighted by molar-refractivity contribution is -0.142. The van der Waals surface area contributed by atoms with Gasteiger partial charge in [-0.25, -0.2) is 13.2 Å². The topological polar surface area (TPSA) is 184 Å². The maximum absolute atomic E-state index is 14.7. The summed E-state index contributed by atoms with van der Waals surface area (Å²) >= 11 is 12.2. The van der Waals surface area contributed by atoms with E-state index in [0.717, 1.165) is 26.6 Å². The second-order valence-electron chi connectivity index (χ2n) is 16.0. The van der Waals surface area contributed by atoms with E-state index in [0.29, 0.717) is 60.8 Å². The molecule has 1 unspecified atom stereocenters. The van der Waals surface area contributed by atoms with E-state index in [1.165, 1.54) is 25.1 Å². The summed E-state index contributed by atoms with van der Waals surface area (Å²) in [7, 11) is -4.43. The lowest BCUT2D eigenvalue weighted by Gasteiger charge is -2.37. The number of nitrogens with zero attached hydrogens (tertiary/aromatic N) is 2. The Kier molecular flexibility index (Phi) is 13.4. The van der Waals surface area contributed by atoms with Crippen molar-refractivity contribution in [3.8, 4) is 34.4 Å². The molecule has 0 bridgehead atoms. The van der Waals surface area contributed by atoms with Gasteiger partial charge < -0.3 is 30.0 Å². The van der Waals surface area contributed by atoms with E-state index in [-0.39, 0.29) is 43.4 Å². The number of halogens is 2. The molecule has 0 aromatic heterocycles. The Balaban J connectivity index is 1.03. The van der Waals surface area contributed by atoms with Gasteiger partial charge in [0.15, 0.2) is 17.6 Å². The highest BCUT2D eigenvalue weighted by atomic mass is 35.5. The van der Waals surface area contributed by atoms with Gasteiger partial charge >= 0.3 is 5.97 Å². The van der Waals surface area contributed by atoms with E-state index in [1.807, 2.05) is 54.6 Å². The molecule has 2 aliphatic rings. The first-order valence-electron chi connectivity index (χ1n) is 20.8. The first kappa shape index (κ1) is 45.7. The van der Waals surface area contributed by atoms with Crippen molar-refractivity contribution in [3.63, 3.8) is 0 Å². The van der Waals surface area contributed by atoms with Crippen LogP contribution in [-0.2, 0) is 50.4 Å². The van der Waals surface area contributed by atoms with Crippen molar-refractivity contribution in [1.29, 1.82) is 5.26 Å². The Morgan fingerprint density at radius 1 is 0.864 bits per heavy atom. The van der Waals surface area contributed by atoms with E-state index < -0.39 is 40.1 Å². The lowest BCUT2D eigenvalue weighted by atomic mass is 9.93. The molecule has 3 atom stereocenters. The van der Waals surface area contributed by atoms with Gasteiger partial charge in [-0.3, -0.25) is 9.59 Å². The Hall–Kier alpha value is -6.89. The molecule has 3 N–H and O–H groups in total. The van der Waals surface area contributed by atoms with Crippen molar-refractivity contribution in [2.75, 3.05) is 11.9 Å². The molecule has 0 aliphatic carbocycles. The number of nitriles is 1. The van der Waals surface area contributed by atoms with Crippen LogP contribution >= 0.6 is 23.2 Å². The number of carboxylic acid groups (broad SMARTS) is 1. The van der Waals surface area contributed by atoms with Gasteiger partial charge in [-0.1, -0.05) is 77.8 Å². The van der Waals surface area contributed by atoms with E-state index in [9.17, 15) is 27.9 Å². The number of fused-ring (bicyclic) bond motifs is 2. The maximum Gasteiger partial charge on any atom is 0.326 e. The molecule has 0 spiro atoms. The molecule has 2 aliphatic heterocycles. The van der Waals surface area contributed by atoms with Gasteiger partial charge in [0.2, 0.25) is 21.8 Å². The fourth-order valence-electron chi connectivity index (χ4n) is 7.96. The highest BCUT2D eigenvalue weighted by molar-refractivity contribution is 7.89. The molecule has 336 valence electrons. The first-order chi connectivity index (χ1) is 31.6. The highest BCUT2D eigenvalue weighted by Gasteiger charge is 2.42. The third-order valence-corrected chi connectivity index (χ3v) is 14.1. The number of carboxylic acids is 1. The number of aryl methyl sites for hydroxylation is 1. The second kappa shape index (κ2) is 19.3. The number of rotatable bonds is 13. The summed E-state index contributed by atoms with van der Waals surface area (Å²) in [5.74, 6) is -0.993. The smallest absolute Gasteiger partial charge is 0.326 e. The molecule has 66 heavy (non-hydrogen) atoms. The zero-order valence-corrected chi connectivity index (χ0v) is 37.9. The number of carbonyl (C=O) groups excluding carboxylic acids is 2. The fraction of sp³-hybridized carbons (Fsp3) is 0.200. The molecule has 0 saturated heterocycles. The summed E-state index contributed by atoms with van der Waals surface area (Å²) in [4.78, 5) is 38.7. The molecular weight excluding hydrogens is 904 g/mol. The number of hydrogen-bond acceptors (Lipinski definition) is 9. The molecule has 0 saturated carbocycles. The molecule has 2 heterocycles. The van der Waals surface area contributed by atoms with E-state index >= 15 is 0 Å². The first-order valence-corrected chi connectivity index (χ1v) is 23.0. The number of carbonyl (C=O) groups is 3. The van der Waals surface area contributed by atoms with E-state index in [2.05, 4.69) is 16.7 Å². The monoisotopic (exact) mass is 944 g/mol. The van der Waals surface area contributed by atoms with Crippen LogP contribution in [-0.4, -0.2) is 54.3 Å². The number of sulfonamides is 1. The van der Waals surface area contributed by atoms with Crippen LogP contribution in [0.1, 0.15) is 52.0 Å². The predicted molar refractivity (Wildman–Crippen MR) is 248 cm³/mol. The predicted octanol–water partition coefficient (Wildman–Crippen LogP) is 8.82. The Labute approximate surface area is 391 Å². The van der Waals surface area contributed by atoms with Crippen molar-refractivity contribution in [1.82, 2.24) is 9.62 Å². The van der Waals surface area contributed by atoms with E-state index in [1.54, 1.807) is 55.5 Å². The van der Waals surface area contributed by atoms with Crippen LogP contribution in [0.4, 0.5) is 5.69 Å². The fourth-order valence-corrected chi connectivity index (χ4v) is 10.1. The summed E-state index contributed by atoms with van der Waals surface area (Å²) in [6.07, 6.45) is -0.687. The molecule has 2 amide bonds. The number of hydrogen-bond donors (Lipinski definition) is 3. The maximum atomic E-state index is 14.7. The summed E-state index contributed by atoms with van der Waals surface area (Å²) in [6.45, 7) is 3.14. The molecule has 0 fully saturated rings. The minimum Gasteiger partial charge on any atom is -0.489 e. The van der Waals surface area contributed by atoms with Crippen molar-refractivity contribution >= 4 is 56.7 Å². The number of anilines is 1. The van der Waals surface area contributed by atoms with Crippen LogP contribution in [0.15, 0.2) is 126 Å². The zero-order chi connectivity index (χ0) is 46.7. The van der Waals surface area contributed by atoms with Crippen molar-refractivity contribution in [2.24, 2.45) is 0 Å². The number of benzene rings is 6. The quantitative estimate of drug-likeness (QED) is 0.101. The van der Waals surface area contributed by atoms with Crippen LogP contribution < -0.4 is 24.8 Å². The normalized spacial score (nSPS) is 16.0. The van der Waals surface area contributed by atoms with Crippen molar-refractivity contribution in [2.45, 2.75) is 62.9 Å². The van der Waals surface area contributed by atoms with Gasteiger partial charge in [0.25, 0.3) is 0 Å². The third kappa shape index (κ3) is 10.1. The van der Waals surface area contributed by atoms with Gasteiger partial charge in [-0.2, -0.15) is 9.57 Å². The Bertz CT molecular complexity index is 3000. The third-order valence-electron chi connectivity index (χ3n) is 11.4. The Morgan fingerprint density at radius 2 is 1.55 bits per heavy atom. The van der Waals surface area contributed by atoms with Gasteiger partial charge in [0, 0.05) is 25.6 Å². The van der Waals surface area contributed by atoms with E-state index in [4.69, 9.17) is 42.7 Å². The molecule has 8 rings (SSSR count). The number of nitrogens with one attached hydrogen (secondary N) is 2. The van der Waals surface area contributed by atoms with Gasteiger partial charge in [-0.05, 0) is 125 Å². The second-order valence-corrected chi connectivity index (χ2v) is 18.7. The average molecular weight is 946 g/mol. The molecule has 6 aromatic rings. The van der Waals surface area contributed by atoms with Crippen molar-refractivity contribution < 1.29 is 42.1 Å². The van der Waals surface area contributed by atoms with Crippen molar-refractivity contribution in [3.05, 3.63) is 170 Å². The SMILES string of the molecule is CC(=O)Nc1ccc(S(=O)(=O)N2Cc3cc4c(cc3C[C@H]2C(=O)N[C@@H](Cc2ccc(-c3ccc(C#N)cc3)cc2)C(=O)O)OCC(c2ccc(OCc3ccc(Cl)c(Cl)c3)cc2)O4)c(C)c1. The van der Waals surface area contributed by atoms with Crippen LogP contribution in [0, 0.1) is 18.3 Å². The van der Waals surface area contributed by atoms with Crippen LogP contribution in [0.3, 0.4) is 0 Å². The minimum atomic E-state index is -4.43. The summed E-state index contributed by atoms with van der Waals surface area (Å²) in [5.41, 5.74) is 6.48. The molecule has 6 aromatic carbocycles. The molecular formula is C50H42Cl2N4O9S. The van der Waals surface area contributed by atoms with Crippen LogP contribution in [0.2, 0.25) is 10.0 Å². The average Bonchev–Trinajstić information content (AvgIpc) is 3.30. The lowest BCUT2D eigenvalue weighted by Crippen LogP contribution is -2.55. The van der Waals surface area contributed by atoms with Crippen LogP contribution in [0.25, 0.3) is 11.1 Å². The largest absolute Gasteiger partial charge is 0.489 e. The van der Waals surface area contributed by atoms with Gasteiger partial charge in [0.1, 0.15) is 31.0 Å². The molecule has 16 heteroatoms. The number of ether oxygens (including phenoxy) is 3. The van der Waals surface area contributed by atoms with Gasteiger partial charge in [0.05, 0.1) is 26.6 Å². The van der Waals surface area contributed by atoms with Crippen LogP contribution in [0.5, 0.6) is 17.2 Å². The summed E-state index contributed by atoms with van der Waals surface area (Å²) in [6, 6.07) is 34.1. The molecule has 13 nitrogen and oxygen atoms in total. The number of amides is 2. The Morgan fingerprint density at radius 3 is 2.20 bits per heavy atom. The molecule has 0 radical (unpaired) electrons. The zero-order valence-electron chi connectivity index (χ0n) is 35.6. The number of aliphatic carboxylic acids is 1. The minimum absolute atomic E-state index is 0.0805. The summed E-state index contributed by atoms with van der Waals surface area (Å²) < 4.78 is 49.1.